The number of amides is 2. The second kappa shape index (κ2) is 10.3. The van der Waals surface area contributed by atoms with Gasteiger partial charge in [-0.05, 0) is 42.8 Å². The average Bonchev–Trinajstić information content (AvgIpc) is 2.60. The van der Waals surface area contributed by atoms with E-state index < -0.39 is 5.82 Å². The van der Waals surface area contributed by atoms with Crippen LogP contribution in [0.3, 0.4) is 0 Å². The zero-order chi connectivity index (χ0) is 19.8. The van der Waals surface area contributed by atoms with Gasteiger partial charge in [-0.25, -0.2) is 4.39 Å². The van der Waals surface area contributed by atoms with Gasteiger partial charge >= 0.3 is 0 Å². The Morgan fingerprint density at radius 2 is 1.93 bits per heavy atom. The third kappa shape index (κ3) is 7.19. The molecule has 0 radical (unpaired) electrons. The molecule has 2 aromatic rings. The number of anilines is 1. The van der Waals surface area contributed by atoms with Gasteiger partial charge < -0.3 is 15.4 Å². The quantitative estimate of drug-likeness (QED) is 0.615. The van der Waals surface area contributed by atoms with Crippen molar-refractivity contribution in [1.29, 1.82) is 0 Å². The Hall–Kier alpha value is -2.12. The second-order valence-corrected chi connectivity index (χ2v) is 7.10. The molecule has 0 aliphatic heterocycles. The summed E-state index contributed by atoms with van der Waals surface area (Å²) >= 11 is 9.20. The van der Waals surface area contributed by atoms with Gasteiger partial charge in [-0.2, -0.15) is 0 Å². The first-order chi connectivity index (χ1) is 12.8. The summed E-state index contributed by atoms with van der Waals surface area (Å²) < 4.78 is 19.2. The molecule has 2 amide bonds. The van der Waals surface area contributed by atoms with Gasteiger partial charge in [0.15, 0.2) is 0 Å². The summed E-state index contributed by atoms with van der Waals surface area (Å²) in [6, 6.07) is 9.39. The monoisotopic (exact) mass is 456 g/mol. The first-order valence-electron chi connectivity index (χ1n) is 8.25. The maximum Gasteiger partial charge on any atom is 0.226 e. The highest BCUT2D eigenvalue weighted by atomic mass is 79.9. The first-order valence-corrected chi connectivity index (χ1v) is 9.43. The van der Waals surface area contributed by atoms with Crippen molar-refractivity contribution in [3.63, 3.8) is 0 Å². The van der Waals surface area contributed by atoms with Crippen LogP contribution in [0, 0.1) is 12.7 Å². The number of rotatable bonds is 8. The number of aryl methyl sites for hydroxylation is 1. The van der Waals surface area contributed by atoms with Gasteiger partial charge in [0, 0.05) is 23.1 Å². The van der Waals surface area contributed by atoms with Crippen molar-refractivity contribution in [2.45, 2.75) is 19.8 Å². The van der Waals surface area contributed by atoms with Gasteiger partial charge in [-0.15, -0.1) is 0 Å². The number of hydrogen-bond donors (Lipinski definition) is 2. The van der Waals surface area contributed by atoms with Crippen LogP contribution in [0.2, 0.25) is 5.02 Å². The highest BCUT2D eigenvalue weighted by molar-refractivity contribution is 9.10. The van der Waals surface area contributed by atoms with E-state index in [4.69, 9.17) is 16.3 Å². The maximum atomic E-state index is 12.9. The zero-order valence-corrected chi connectivity index (χ0v) is 17.0. The summed E-state index contributed by atoms with van der Waals surface area (Å²) in [5, 5.41) is 5.61. The summed E-state index contributed by atoms with van der Waals surface area (Å²) in [5.74, 6) is -0.582. The van der Waals surface area contributed by atoms with E-state index in [2.05, 4.69) is 26.6 Å². The van der Waals surface area contributed by atoms with Crippen molar-refractivity contribution in [1.82, 2.24) is 5.32 Å². The van der Waals surface area contributed by atoms with Gasteiger partial charge in [-0.1, -0.05) is 33.6 Å². The molecule has 0 aromatic heterocycles. The third-order valence-electron chi connectivity index (χ3n) is 3.63. The number of carbonyl (C=O) groups excluding carboxylic acids is 2. The van der Waals surface area contributed by atoms with E-state index in [-0.39, 0.29) is 42.8 Å². The van der Waals surface area contributed by atoms with Crippen LogP contribution in [-0.4, -0.2) is 25.0 Å². The Morgan fingerprint density at radius 3 is 2.67 bits per heavy atom. The van der Waals surface area contributed by atoms with Crippen molar-refractivity contribution >= 4 is 45.0 Å². The largest absolute Gasteiger partial charge is 0.491 e. The molecule has 0 saturated carbocycles. The molecule has 0 saturated heterocycles. The topological polar surface area (TPSA) is 67.4 Å². The molecule has 2 N–H and O–H groups in total. The van der Waals surface area contributed by atoms with Crippen molar-refractivity contribution in [3.05, 3.63) is 57.3 Å². The fourth-order valence-corrected chi connectivity index (χ4v) is 2.77. The molecular formula is C19H19BrClFN2O3. The molecule has 0 bridgehead atoms. The molecule has 0 aliphatic carbocycles. The molecule has 0 fully saturated rings. The molecule has 0 aliphatic rings. The van der Waals surface area contributed by atoms with E-state index in [1.807, 2.05) is 25.1 Å². The minimum absolute atomic E-state index is 0.0973. The highest BCUT2D eigenvalue weighted by Gasteiger charge is 2.08. The van der Waals surface area contributed by atoms with Crippen molar-refractivity contribution in [3.8, 4) is 5.75 Å². The third-order valence-corrected chi connectivity index (χ3v) is 4.42. The second-order valence-electron chi connectivity index (χ2n) is 5.78. The normalized spacial score (nSPS) is 10.4. The molecule has 0 spiro atoms. The lowest BCUT2D eigenvalue weighted by atomic mass is 10.2. The predicted molar refractivity (Wildman–Crippen MR) is 107 cm³/mol. The van der Waals surface area contributed by atoms with Gasteiger partial charge in [0.2, 0.25) is 11.8 Å². The van der Waals surface area contributed by atoms with Gasteiger partial charge in [0.05, 0.1) is 18.1 Å². The summed E-state index contributed by atoms with van der Waals surface area (Å²) in [5.41, 5.74) is 1.68. The Kier molecular flexibility index (Phi) is 8.06. The molecule has 0 unspecified atom stereocenters. The number of nitrogens with one attached hydrogen (secondary N) is 2. The molecular weight excluding hydrogens is 439 g/mol. The Labute approximate surface area is 170 Å². The Morgan fingerprint density at radius 1 is 1.15 bits per heavy atom. The van der Waals surface area contributed by atoms with Crippen LogP contribution in [0.25, 0.3) is 0 Å². The van der Waals surface area contributed by atoms with Gasteiger partial charge in [0.1, 0.15) is 11.6 Å². The lowest BCUT2D eigenvalue weighted by molar-refractivity contribution is -0.121. The minimum atomic E-state index is -0.457. The van der Waals surface area contributed by atoms with E-state index in [1.165, 1.54) is 12.1 Å². The van der Waals surface area contributed by atoms with Crippen molar-refractivity contribution < 1.29 is 18.7 Å². The standard InChI is InChI=1S/C19H19BrClFN2O3/c1-12-2-3-13(20)10-16(12)24-19(26)6-8-23-18(25)7-9-27-17-5-4-14(22)11-15(17)21/h2-5,10-11H,6-9H2,1H3,(H,23,25)(H,24,26). The van der Waals surface area contributed by atoms with Crippen molar-refractivity contribution in [2.75, 3.05) is 18.5 Å². The average molecular weight is 458 g/mol. The van der Waals surface area contributed by atoms with E-state index in [1.54, 1.807) is 0 Å². The van der Waals surface area contributed by atoms with Crippen molar-refractivity contribution in [2.24, 2.45) is 0 Å². The molecule has 144 valence electrons. The fraction of sp³-hybridized carbons (Fsp3) is 0.263. The summed E-state index contributed by atoms with van der Waals surface area (Å²) in [6.45, 7) is 2.22. The summed E-state index contributed by atoms with van der Waals surface area (Å²) in [4.78, 5) is 23.8. The zero-order valence-electron chi connectivity index (χ0n) is 14.7. The molecule has 2 rings (SSSR count). The van der Waals surface area contributed by atoms with Crippen LogP contribution in [-0.2, 0) is 9.59 Å². The maximum absolute atomic E-state index is 12.9. The smallest absolute Gasteiger partial charge is 0.226 e. The number of hydrogen-bond acceptors (Lipinski definition) is 3. The number of ether oxygens (including phenoxy) is 1. The van der Waals surface area contributed by atoms with Crippen LogP contribution >= 0.6 is 27.5 Å². The number of carbonyl (C=O) groups is 2. The SMILES string of the molecule is Cc1ccc(Br)cc1NC(=O)CCNC(=O)CCOc1ccc(F)cc1Cl. The lowest BCUT2D eigenvalue weighted by Crippen LogP contribution is -2.28. The lowest BCUT2D eigenvalue weighted by Gasteiger charge is -2.10. The first kappa shape index (κ1) is 21.2. The van der Waals surface area contributed by atoms with Crippen LogP contribution in [0.4, 0.5) is 10.1 Å². The Balaban J connectivity index is 1.66. The predicted octanol–water partition coefficient (Wildman–Crippen LogP) is 4.46. The molecule has 8 heteroatoms. The fourth-order valence-electron chi connectivity index (χ4n) is 2.19. The van der Waals surface area contributed by atoms with E-state index >= 15 is 0 Å². The number of benzene rings is 2. The number of halogens is 3. The Bertz CT molecular complexity index is 833. The van der Waals surface area contributed by atoms with Gasteiger partial charge in [0.25, 0.3) is 0 Å². The van der Waals surface area contributed by atoms with E-state index in [0.29, 0.717) is 5.75 Å². The van der Waals surface area contributed by atoms with Crippen LogP contribution in [0.15, 0.2) is 40.9 Å². The molecule has 5 nitrogen and oxygen atoms in total. The van der Waals surface area contributed by atoms with Gasteiger partial charge in [-0.3, -0.25) is 9.59 Å². The summed E-state index contributed by atoms with van der Waals surface area (Å²) in [7, 11) is 0. The molecule has 2 aromatic carbocycles. The van der Waals surface area contributed by atoms with Crippen LogP contribution in [0.1, 0.15) is 18.4 Å². The molecule has 27 heavy (non-hydrogen) atoms. The summed E-state index contributed by atoms with van der Waals surface area (Å²) in [6.07, 6.45) is 0.252. The van der Waals surface area contributed by atoms with E-state index in [0.717, 1.165) is 21.8 Å². The minimum Gasteiger partial charge on any atom is -0.491 e. The van der Waals surface area contributed by atoms with Crippen LogP contribution < -0.4 is 15.4 Å². The molecule has 0 atom stereocenters. The highest BCUT2D eigenvalue weighted by Crippen LogP contribution is 2.24. The van der Waals surface area contributed by atoms with Crippen LogP contribution in [0.5, 0.6) is 5.75 Å². The van der Waals surface area contributed by atoms with E-state index in [9.17, 15) is 14.0 Å². The molecule has 0 heterocycles.